The predicted molar refractivity (Wildman–Crippen MR) is 69.4 cm³/mol. The molecule has 1 aliphatic rings. The Hall–Kier alpha value is -2.36. The first-order valence-corrected chi connectivity index (χ1v) is 6.19. The van der Waals surface area contributed by atoms with E-state index in [1.807, 2.05) is 10.6 Å². The molecule has 0 amide bonds. The van der Waals surface area contributed by atoms with Crippen molar-refractivity contribution in [2.75, 3.05) is 0 Å². The molecule has 0 saturated heterocycles. The van der Waals surface area contributed by atoms with Crippen molar-refractivity contribution in [2.45, 2.75) is 18.9 Å². The molecule has 0 saturated carbocycles. The molecule has 3 rings (SSSR count). The summed E-state index contributed by atoms with van der Waals surface area (Å²) in [5.74, 6) is -0.0443. The lowest BCUT2D eigenvalue weighted by atomic mass is 10.1. The van der Waals surface area contributed by atoms with Gasteiger partial charge < -0.3 is 14.5 Å². The average Bonchev–Trinajstić information content (AvgIpc) is 2.99. The lowest BCUT2D eigenvalue weighted by Crippen LogP contribution is -2.08. The van der Waals surface area contributed by atoms with E-state index in [1.165, 1.54) is 12.1 Å². The smallest absolute Gasteiger partial charge is 0.209 e. The minimum Gasteiger partial charge on any atom is -0.508 e. The molecule has 4 heteroatoms. The summed E-state index contributed by atoms with van der Waals surface area (Å²) in [7, 11) is 0. The molecule has 0 aliphatic carbocycles. The number of aromatic hydroxyl groups is 1. The standard InChI is InChI=1S/C15H13NO3/c17-9-11-7-8-16-13(11)5-6-14(16)15(19)10-1-3-12(18)4-2-10/h1-6,9,11,18H,7-8H2. The van der Waals surface area contributed by atoms with Gasteiger partial charge in [-0.3, -0.25) is 4.79 Å². The number of carbonyl (C=O) groups is 2. The Balaban J connectivity index is 1.98. The predicted octanol–water partition coefficient (Wildman–Crippen LogP) is 2.11. The van der Waals surface area contributed by atoms with Crippen molar-refractivity contribution in [2.24, 2.45) is 0 Å². The van der Waals surface area contributed by atoms with Crippen LogP contribution in [0.4, 0.5) is 0 Å². The van der Waals surface area contributed by atoms with Gasteiger partial charge in [0.05, 0.1) is 11.6 Å². The zero-order valence-electron chi connectivity index (χ0n) is 10.2. The summed E-state index contributed by atoms with van der Waals surface area (Å²) in [5.41, 5.74) is 2.05. The van der Waals surface area contributed by atoms with Crippen LogP contribution < -0.4 is 0 Å². The normalized spacial score (nSPS) is 17.2. The second kappa shape index (κ2) is 4.39. The van der Waals surface area contributed by atoms with Crippen LogP contribution in [0.5, 0.6) is 5.75 Å². The van der Waals surface area contributed by atoms with Crippen LogP contribution in [0, 0.1) is 0 Å². The maximum atomic E-state index is 12.4. The molecule has 0 spiro atoms. The summed E-state index contributed by atoms with van der Waals surface area (Å²) in [6.45, 7) is 0.699. The molecule has 1 N–H and O–H groups in total. The fourth-order valence-corrected chi connectivity index (χ4v) is 2.57. The molecular formula is C15H13NO3. The summed E-state index contributed by atoms with van der Waals surface area (Å²) >= 11 is 0. The summed E-state index contributed by atoms with van der Waals surface area (Å²) in [6, 6.07) is 9.80. The van der Waals surface area contributed by atoms with Gasteiger partial charge in [0.1, 0.15) is 12.0 Å². The number of phenols is 1. The largest absolute Gasteiger partial charge is 0.508 e. The van der Waals surface area contributed by atoms with Gasteiger partial charge in [-0.25, -0.2) is 0 Å². The number of aldehydes is 1. The van der Waals surface area contributed by atoms with E-state index in [2.05, 4.69) is 0 Å². The van der Waals surface area contributed by atoms with Gasteiger partial charge in [0.25, 0.3) is 0 Å². The van der Waals surface area contributed by atoms with Crippen molar-refractivity contribution in [3.63, 3.8) is 0 Å². The van der Waals surface area contributed by atoms with Gasteiger partial charge >= 0.3 is 0 Å². The highest BCUT2D eigenvalue weighted by Crippen LogP contribution is 2.29. The average molecular weight is 255 g/mol. The minimum absolute atomic E-state index is 0.0854. The first kappa shape index (κ1) is 11.7. The number of fused-ring (bicyclic) bond motifs is 1. The topological polar surface area (TPSA) is 59.3 Å². The molecule has 1 unspecified atom stereocenters. The molecule has 0 bridgehead atoms. The lowest BCUT2D eigenvalue weighted by molar-refractivity contribution is -0.109. The van der Waals surface area contributed by atoms with Gasteiger partial charge in [-0.15, -0.1) is 0 Å². The second-order valence-corrected chi connectivity index (χ2v) is 4.70. The number of aromatic nitrogens is 1. The van der Waals surface area contributed by atoms with Crippen molar-refractivity contribution in [3.8, 4) is 5.75 Å². The molecule has 1 atom stereocenters. The van der Waals surface area contributed by atoms with E-state index in [-0.39, 0.29) is 17.5 Å². The number of ketones is 1. The van der Waals surface area contributed by atoms with E-state index in [1.54, 1.807) is 18.2 Å². The Bertz CT molecular complexity index is 640. The van der Waals surface area contributed by atoms with Crippen LogP contribution in [0.3, 0.4) is 0 Å². The third-order valence-corrected chi connectivity index (χ3v) is 3.58. The van der Waals surface area contributed by atoms with E-state index in [0.29, 0.717) is 17.8 Å². The minimum atomic E-state index is -0.0960. The third-order valence-electron chi connectivity index (χ3n) is 3.58. The number of benzene rings is 1. The highest BCUT2D eigenvalue weighted by molar-refractivity contribution is 6.08. The molecule has 1 aliphatic heterocycles. The van der Waals surface area contributed by atoms with E-state index in [4.69, 9.17) is 0 Å². The van der Waals surface area contributed by atoms with Crippen molar-refractivity contribution < 1.29 is 14.7 Å². The molecule has 1 aromatic carbocycles. The molecule has 96 valence electrons. The highest BCUT2D eigenvalue weighted by Gasteiger charge is 2.26. The van der Waals surface area contributed by atoms with E-state index in [9.17, 15) is 14.7 Å². The number of nitrogens with zero attached hydrogens (tertiary/aromatic N) is 1. The van der Waals surface area contributed by atoms with Crippen LogP contribution in [0.15, 0.2) is 36.4 Å². The number of carbonyl (C=O) groups excluding carboxylic acids is 2. The number of phenolic OH excluding ortho intramolecular Hbond substituents is 1. The summed E-state index contributed by atoms with van der Waals surface area (Å²) < 4.78 is 1.91. The summed E-state index contributed by atoms with van der Waals surface area (Å²) in [5, 5.41) is 9.24. The Morgan fingerprint density at radius 3 is 2.63 bits per heavy atom. The van der Waals surface area contributed by atoms with Crippen LogP contribution in [-0.2, 0) is 11.3 Å². The van der Waals surface area contributed by atoms with Crippen LogP contribution in [0.2, 0.25) is 0 Å². The summed E-state index contributed by atoms with van der Waals surface area (Å²) in [4.78, 5) is 23.3. The Morgan fingerprint density at radius 1 is 1.21 bits per heavy atom. The van der Waals surface area contributed by atoms with Gasteiger partial charge in [-0.1, -0.05) is 0 Å². The summed E-state index contributed by atoms with van der Waals surface area (Å²) in [6.07, 6.45) is 1.70. The van der Waals surface area contributed by atoms with E-state index >= 15 is 0 Å². The molecule has 2 aromatic rings. The molecule has 1 aromatic heterocycles. The quantitative estimate of drug-likeness (QED) is 0.675. The maximum absolute atomic E-state index is 12.4. The van der Waals surface area contributed by atoms with Gasteiger partial charge in [0, 0.05) is 17.8 Å². The van der Waals surface area contributed by atoms with Crippen LogP contribution in [0.1, 0.15) is 34.1 Å². The van der Waals surface area contributed by atoms with Gasteiger partial charge in [0.15, 0.2) is 0 Å². The van der Waals surface area contributed by atoms with Crippen LogP contribution in [-0.4, -0.2) is 21.7 Å². The zero-order chi connectivity index (χ0) is 13.4. The monoisotopic (exact) mass is 255 g/mol. The fraction of sp³-hybridized carbons (Fsp3) is 0.200. The number of hydrogen-bond acceptors (Lipinski definition) is 3. The van der Waals surface area contributed by atoms with E-state index < -0.39 is 0 Å². The molecule has 4 nitrogen and oxygen atoms in total. The third kappa shape index (κ3) is 1.85. The molecule has 19 heavy (non-hydrogen) atoms. The van der Waals surface area contributed by atoms with E-state index in [0.717, 1.165) is 18.4 Å². The molecule has 2 heterocycles. The van der Waals surface area contributed by atoms with Crippen LogP contribution in [0.25, 0.3) is 0 Å². The van der Waals surface area contributed by atoms with Crippen molar-refractivity contribution >= 4 is 12.1 Å². The van der Waals surface area contributed by atoms with Gasteiger partial charge in [-0.05, 0) is 42.8 Å². The van der Waals surface area contributed by atoms with Gasteiger partial charge in [0.2, 0.25) is 5.78 Å². The Kier molecular flexibility index (Phi) is 2.71. The number of rotatable bonds is 3. The fourth-order valence-electron chi connectivity index (χ4n) is 2.57. The van der Waals surface area contributed by atoms with Crippen molar-refractivity contribution in [1.82, 2.24) is 4.57 Å². The molecule has 0 radical (unpaired) electrons. The maximum Gasteiger partial charge on any atom is 0.209 e. The molecule has 0 fully saturated rings. The zero-order valence-corrected chi connectivity index (χ0v) is 10.2. The van der Waals surface area contributed by atoms with Crippen molar-refractivity contribution in [3.05, 3.63) is 53.3 Å². The van der Waals surface area contributed by atoms with Crippen LogP contribution >= 0.6 is 0 Å². The first-order valence-electron chi connectivity index (χ1n) is 6.19. The number of hydrogen-bond donors (Lipinski definition) is 1. The molecular weight excluding hydrogens is 242 g/mol. The van der Waals surface area contributed by atoms with Gasteiger partial charge in [-0.2, -0.15) is 0 Å². The highest BCUT2D eigenvalue weighted by atomic mass is 16.3. The second-order valence-electron chi connectivity index (χ2n) is 4.70. The Labute approximate surface area is 110 Å². The lowest BCUT2D eigenvalue weighted by Gasteiger charge is -2.05. The SMILES string of the molecule is O=CC1CCn2c(C(=O)c3ccc(O)cc3)ccc21. The Morgan fingerprint density at radius 2 is 1.95 bits per heavy atom. The first-order chi connectivity index (χ1) is 9.20. The van der Waals surface area contributed by atoms with Crippen molar-refractivity contribution in [1.29, 1.82) is 0 Å².